The summed E-state index contributed by atoms with van der Waals surface area (Å²) in [5.74, 6) is -2.70. The zero-order valence-corrected chi connectivity index (χ0v) is 5.56. The van der Waals surface area contributed by atoms with Crippen molar-refractivity contribution in [2.24, 2.45) is 5.73 Å². The average molecular weight is 151 g/mol. The van der Waals surface area contributed by atoms with Gasteiger partial charge in [0.1, 0.15) is 0 Å². The fourth-order valence-corrected chi connectivity index (χ4v) is 1.13. The van der Waals surface area contributed by atoms with Gasteiger partial charge in [-0.2, -0.15) is 0 Å². The number of alkyl halides is 2. The molecule has 0 aromatic rings. The van der Waals surface area contributed by atoms with Gasteiger partial charge in [-0.1, -0.05) is 0 Å². The van der Waals surface area contributed by atoms with Gasteiger partial charge in [0.2, 0.25) is 0 Å². The van der Waals surface area contributed by atoms with E-state index in [1.54, 1.807) is 0 Å². The lowest BCUT2D eigenvalue weighted by molar-refractivity contribution is -0.0825. The maximum atomic E-state index is 12.4. The highest BCUT2D eigenvalue weighted by atomic mass is 19.3. The first-order chi connectivity index (χ1) is 4.51. The van der Waals surface area contributed by atoms with E-state index in [9.17, 15) is 8.78 Å². The molecule has 0 saturated heterocycles. The van der Waals surface area contributed by atoms with Crippen LogP contribution in [0, 0.1) is 0 Å². The first-order valence-corrected chi connectivity index (χ1v) is 3.33. The van der Waals surface area contributed by atoms with Gasteiger partial charge in [-0.25, -0.2) is 8.78 Å². The first-order valence-electron chi connectivity index (χ1n) is 3.33. The minimum Gasteiger partial charge on any atom is -0.391 e. The Morgan fingerprint density at radius 1 is 1.50 bits per heavy atom. The third-order valence-electron chi connectivity index (χ3n) is 1.85. The van der Waals surface area contributed by atoms with E-state index in [-0.39, 0.29) is 12.8 Å². The highest BCUT2D eigenvalue weighted by Gasteiger charge is 2.39. The minimum atomic E-state index is -2.70. The summed E-state index contributed by atoms with van der Waals surface area (Å²) in [6, 6.07) is -0.459. The van der Waals surface area contributed by atoms with Gasteiger partial charge in [0.15, 0.2) is 0 Å². The summed E-state index contributed by atoms with van der Waals surface area (Å²) in [4.78, 5) is 0. The number of halogens is 2. The van der Waals surface area contributed by atoms with Crippen LogP contribution in [0.4, 0.5) is 8.78 Å². The normalized spacial score (nSPS) is 39.6. The maximum absolute atomic E-state index is 12.4. The Morgan fingerprint density at radius 3 is 2.50 bits per heavy atom. The van der Waals surface area contributed by atoms with Gasteiger partial charge in [-0.3, -0.25) is 0 Å². The molecule has 1 aliphatic carbocycles. The van der Waals surface area contributed by atoms with Crippen LogP contribution < -0.4 is 5.73 Å². The highest BCUT2D eigenvalue weighted by Crippen LogP contribution is 2.32. The summed E-state index contributed by atoms with van der Waals surface area (Å²) >= 11 is 0. The molecule has 2 atom stereocenters. The summed E-state index contributed by atoms with van der Waals surface area (Å²) in [6.07, 6.45) is -1.48. The first kappa shape index (κ1) is 7.88. The third-order valence-corrected chi connectivity index (χ3v) is 1.85. The summed E-state index contributed by atoms with van der Waals surface area (Å²) in [7, 11) is 0. The number of aliphatic hydroxyl groups is 1. The molecular formula is C6H11F2NO. The maximum Gasteiger partial charge on any atom is 0.250 e. The molecule has 1 rings (SSSR count). The third kappa shape index (κ3) is 1.64. The molecule has 60 valence electrons. The zero-order chi connectivity index (χ0) is 7.78. The number of rotatable bonds is 0. The molecule has 0 aromatic heterocycles. The van der Waals surface area contributed by atoms with Crippen LogP contribution >= 0.6 is 0 Å². The Labute approximate surface area is 58.0 Å². The van der Waals surface area contributed by atoms with Gasteiger partial charge in [-0.05, 0) is 6.42 Å². The van der Waals surface area contributed by atoms with E-state index in [0.717, 1.165) is 0 Å². The molecule has 0 amide bonds. The molecule has 1 unspecified atom stereocenters. The van der Waals surface area contributed by atoms with E-state index >= 15 is 0 Å². The molecule has 0 aliphatic heterocycles. The minimum absolute atomic E-state index is 0.189. The smallest absolute Gasteiger partial charge is 0.250 e. The lowest BCUT2D eigenvalue weighted by Gasteiger charge is -2.30. The molecule has 3 N–H and O–H groups in total. The van der Waals surface area contributed by atoms with Crippen molar-refractivity contribution >= 4 is 0 Å². The van der Waals surface area contributed by atoms with Crippen molar-refractivity contribution in [3.8, 4) is 0 Å². The van der Waals surface area contributed by atoms with Crippen LogP contribution in [0.25, 0.3) is 0 Å². The molecule has 0 radical (unpaired) electrons. The summed E-state index contributed by atoms with van der Waals surface area (Å²) in [6.45, 7) is 0. The number of aliphatic hydroxyl groups excluding tert-OH is 1. The van der Waals surface area contributed by atoms with Crippen molar-refractivity contribution in [2.75, 3.05) is 0 Å². The number of hydrogen-bond donors (Lipinski definition) is 2. The second kappa shape index (κ2) is 2.43. The molecule has 0 aromatic carbocycles. The largest absolute Gasteiger partial charge is 0.391 e. The van der Waals surface area contributed by atoms with Crippen LogP contribution in [-0.4, -0.2) is 23.2 Å². The fraction of sp³-hybridized carbons (Fsp3) is 1.00. The summed E-state index contributed by atoms with van der Waals surface area (Å²) in [5.41, 5.74) is 5.32. The molecule has 4 heteroatoms. The van der Waals surface area contributed by atoms with Crippen molar-refractivity contribution in [3.05, 3.63) is 0 Å². The van der Waals surface area contributed by atoms with E-state index in [2.05, 4.69) is 0 Å². The number of nitrogens with two attached hydrogens (primary N) is 1. The Balaban J connectivity index is 2.49. The van der Waals surface area contributed by atoms with E-state index in [0.29, 0.717) is 0 Å². The summed E-state index contributed by atoms with van der Waals surface area (Å²) < 4.78 is 24.8. The molecule has 2 nitrogen and oxygen atoms in total. The van der Waals surface area contributed by atoms with Crippen LogP contribution in [0.5, 0.6) is 0 Å². The molecular weight excluding hydrogens is 140 g/mol. The lowest BCUT2D eigenvalue weighted by Crippen LogP contribution is -2.44. The van der Waals surface area contributed by atoms with Gasteiger partial charge < -0.3 is 10.8 Å². The predicted octanol–water partition coefficient (Wildman–Crippen LogP) is 0.494. The van der Waals surface area contributed by atoms with Crippen molar-refractivity contribution in [1.82, 2.24) is 0 Å². The van der Waals surface area contributed by atoms with Crippen molar-refractivity contribution < 1.29 is 13.9 Å². The van der Waals surface area contributed by atoms with Gasteiger partial charge in [0, 0.05) is 18.9 Å². The van der Waals surface area contributed by atoms with Crippen LogP contribution in [-0.2, 0) is 0 Å². The van der Waals surface area contributed by atoms with Crippen molar-refractivity contribution in [3.63, 3.8) is 0 Å². The zero-order valence-electron chi connectivity index (χ0n) is 5.56. The van der Waals surface area contributed by atoms with Crippen LogP contribution in [0.1, 0.15) is 19.3 Å². The Bertz CT molecular complexity index is 129. The molecule has 0 spiro atoms. The van der Waals surface area contributed by atoms with Gasteiger partial charge in [0.05, 0.1) is 6.10 Å². The molecule has 1 fully saturated rings. The second-order valence-corrected chi connectivity index (χ2v) is 2.83. The second-order valence-electron chi connectivity index (χ2n) is 2.83. The molecule has 0 bridgehead atoms. The Morgan fingerprint density at radius 2 is 2.10 bits per heavy atom. The van der Waals surface area contributed by atoms with E-state index in [1.165, 1.54) is 0 Å². The topological polar surface area (TPSA) is 46.2 Å². The fourth-order valence-electron chi connectivity index (χ4n) is 1.13. The Hall–Kier alpha value is -0.220. The SMILES string of the molecule is NC1CCC(F)(F)C[C@@H]1O. The van der Waals surface area contributed by atoms with Gasteiger partial charge in [-0.15, -0.1) is 0 Å². The molecule has 10 heavy (non-hydrogen) atoms. The van der Waals surface area contributed by atoms with Crippen LogP contribution in [0.3, 0.4) is 0 Å². The molecule has 0 heterocycles. The molecule has 1 aliphatic rings. The van der Waals surface area contributed by atoms with Crippen LogP contribution in [0.15, 0.2) is 0 Å². The van der Waals surface area contributed by atoms with Gasteiger partial charge in [0.25, 0.3) is 5.92 Å². The van der Waals surface area contributed by atoms with Crippen molar-refractivity contribution in [2.45, 2.75) is 37.3 Å². The monoisotopic (exact) mass is 151 g/mol. The van der Waals surface area contributed by atoms with E-state index < -0.39 is 24.5 Å². The van der Waals surface area contributed by atoms with Crippen molar-refractivity contribution in [1.29, 1.82) is 0 Å². The van der Waals surface area contributed by atoms with E-state index in [4.69, 9.17) is 10.8 Å². The summed E-state index contributed by atoms with van der Waals surface area (Å²) in [5, 5.41) is 8.91. The quantitative estimate of drug-likeness (QED) is 0.529. The standard InChI is InChI=1S/C6H11F2NO/c7-6(8)2-1-4(9)5(10)3-6/h4-5,10H,1-3,9H2/t4?,5-/m0/s1. The predicted molar refractivity (Wildman–Crippen MR) is 32.8 cm³/mol. The molecule has 1 saturated carbocycles. The number of hydrogen-bond acceptors (Lipinski definition) is 2. The van der Waals surface area contributed by atoms with Crippen LogP contribution in [0.2, 0.25) is 0 Å². The highest BCUT2D eigenvalue weighted by molar-refractivity contribution is 4.86. The average Bonchev–Trinajstić information content (AvgIpc) is 1.79. The lowest BCUT2D eigenvalue weighted by atomic mass is 9.90. The van der Waals surface area contributed by atoms with E-state index in [1.807, 2.05) is 0 Å². The Kier molecular flexibility index (Phi) is 1.92. The van der Waals surface area contributed by atoms with Gasteiger partial charge >= 0.3 is 0 Å².